The Morgan fingerprint density at radius 1 is 0.260 bits per heavy atom. The van der Waals surface area contributed by atoms with Crippen LogP contribution in [0.15, 0.2) is 24.3 Å². The van der Waals surface area contributed by atoms with Crippen molar-refractivity contribution in [3.05, 3.63) is 24.3 Å². The zero-order valence-corrected chi connectivity index (χ0v) is 49.4. The van der Waals surface area contributed by atoms with Crippen molar-refractivity contribution < 1.29 is 28.6 Å². The molecule has 73 heavy (non-hydrogen) atoms. The van der Waals surface area contributed by atoms with E-state index in [1.807, 2.05) is 0 Å². The predicted octanol–water partition coefficient (Wildman–Crippen LogP) is 22.2. The molecule has 0 aromatic heterocycles. The Labute approximate surface area is 455 Å². The second-order valence-corrected chi connectivity index (χ2v) is 22.4. The first-order chi connectivity index (χ1) is 36.0. The average Bonchev–Trinajstić information content (AvgIpc) is 3.39. The van der Waals surface area contributed by atoms with Gasteiger partial charge in [0, 0.05) is 19.3 Å². The Balaban J connectivity index is 4.33. The number of ether oxygens (including phenoxy) is 3. The van der Waals surface area contributed by atoms with Crippen LogP contribution in [-0.2, 0) is 28.6 Å². The standard InChI is InChI=1S/C67H126O6/c1-4-7-10-13-16-19-22-25-28-31-33-36-39-42-45-48-51-54-57-60-66(69)72-63-64(62-71-65(68)59-56-53-50-47-44-41-38-35-30-27-24-21-18-15-12-9-6-3)73-67(70)61-58-55-52-49-46-43-40-37-34-32-29-26-23-20-17-14-11-8-5-2/h27,30-31,33,64H,4-26,28-29,32,34-63H2,1-3H3/b30-27-,33-31-/t64-/m1/s1. The largest absolute Gasteiger partial charge is 0.462 e. The van der Waals surface area contributed by atoms with Gasteiger partial charge in [-0.2, -0.15) is 0 Å². The molecule has 0 aliphatic carbocycles. The third-order valence-electron chi connectivity index (χ3n) is 14.9. The molecule has 0 saturated carbocycles. The summed E-state index contributed by atoms with van der Waals surface area (Å²) in [5, 5.41) is 0. The van der Waals surface area contributed by atoms with Crippen LogP contribution < -0.4 is 0 Å². The van der Waals surface area contributed by atoms with Crippen LogP contribution in [0.1, 0.15) is 367 Å². The number of rotatable bonds is 61. The van der Waals surface area contributed by atoms with E-state index >= 15 is 0 Å². The van der Waals surface area contributed by atoms with Gasteiger partial charge < -0.3 is 14.2 Å². The van der Waals surface area contributed by atoms with Gasteiger partial charge in [0.1, 0.15) is 13.2 Å². The van der Waals surface area contributed by atoms with E-state index in [-0.39, 0.29) is 31.1 Å². The molecule has 0 aliphatic heterocycles. The molecular formula is C67H126O6. The van der Waals surface area contributed by atoms with Gasteiger partial charge in [-0.15, -0.1) is 0 Å². The molecule has 0 unspecified atom stereocenters. The van der Waals surface area contributed by atoms with E-state index in [4.69, 9.17) is 14.2 Å². The first kappa shape index (κ1) is 70.9. The summed E-state index contributed by atoms with van der Waals surface area (Å²) in [7, 11) is 0. The van der Waals surface area contributed by atoms with Gasteiger partial charge in [-0.1, -0.05) is 302 Å². The van der Waals surface area contributed by atoms with E-state index in [0.29, 0.717) is 19.3 Å². The number of esters is 3. The summed E-state index contributed by atoms with van der Waals surface area (Å²) in [6.45, 7) is 6.70. The van der Waals surface area contributed by atoms with Crippen LogP contribution in [0.5, 0.6) is 0 Å². The molecule has 0 amide bonds. The zero-order valence-electron chi connectivity index (χ0n) is 49.4. The molecule has 0 fully saturated rings. The first-order valence-electron chi connectivity index (χ1n) is 32.8. The normalized spacial score (nSPS) is 12.1. The molecule has 0 heterocycles. The lowest BCUT2D eigenvalue weighted by molar-refractivity contribution is -0.167. The van der Waals surface area contributed by atoms with Crippen molar-refractivity contribution in [1.82, 2.24) is 0 Å². The molecule has 0 radical (unpaired) electrons. The third-order valence-corrected chi connectivity index (χ3v) is 14.9. The van der Waals surface area contributed by atoms with Crippen molar-refractivity contribution in [2.45, 2.75) is 374 Å². The van der Waals surface area contributed by atoms with Crippen LogP contribution >= 0.6 is 0 Å². The number of carbonyl (C=O) groups is 3. The summed E-state index contributed by atoms with van der Waals surface area (Å²) >= 11 is 0. The second-order valence-electron chi connectivity index (χ2n) is 22.4. The van der Waals surface area contributed by atoms with Crippen LogP contribution in [0.2, 0.25) is 0 Å². The van der Waals surface area contributed by atoms with Crippen molar-refractivity contribution >= 4 is 17.9 Å². The minimum absolute atomic E-state index is 0.0699. The summed E-state index contributed by atoms with van der Waals surface area (Å²) in [4.78, 5) is 38.4. The summed E-state index contributed by atoms with van der Waals surface area (Å²) in [5.74, 6) is -0.850. The van der Waals surface area contributed by atoms with Crippen LogP contribution in [0.4, 0.5) is 0 Å². The highest BCUT2D eigenvalue weighted by atomic mass is 16.6. The average molecular weight is 1030 g/mol. The SMILES string of the molecule is CCCCCCCC/C=C\CCCCCCCCCC(=O)OC[C@H](COC(=O)CCCCCCCCC/C=C\CCCCCCCCCC)OC(=O)CCCCCCCCCCCCCCCCCCCCC. The van der Waals surface area contributed by atoms with Gasteiger partial charge in [-0.05, 0) is 70.6 Å². The van der Waals surface area contributed by atoms with Gasteiger partial charge in [-0.3, -0.25) is 14.4 Å². The Morgan fingerprint density at radius 3 is 0.685 bits per heavy atom. The molecule has 0 rings (SSSR count). The molecule has 0 spiro atoms. The minimum Gasteiger partial charge on any atom is -0.462 e. The van der Waals surface area contributed by atoms with Crippen LogP contribution in [0, 0.1) is 0 Å². The molecule has 0 saturated heterocycles. The van der Waals surface area contributed by atoms with E-state index in [0.717, 1.165) is 57.8 Å². The molecule has 0 aromatic rings. The van der Waals surface area contributed by atoms with E-state index in [9.17, 15) is 14.4 Å². The van der Waals surface area contributed by atoms with E-state index in [1.54, 1.807) is 0 Å². The molecule has 0 aromatic carbocycles. The molecule has 0 bridgehead atoms. The van der Waals surface area contributed by atoms with E-state index in [1.165, 1.54) is 270 Å². The highest BCUT2D eigenvalue weighted by Crippen LogP contribution is 2.18. The van der Waals surface area contributed by atoms with Crippen molar-refractivity contribution in [2.75, 3.05) is 13.2 Å². The summed E-state index contributed by atoms with van der Waals surface area (Å²) in [6, 6.07) is 0. The van der Waals surface area contributed by atoms with Gasteiger partial charge in [0.05, 0.1) is 0 Å². The Bertz CT molecular complexity index is 1180. The maximum atomic E-state index is 12.9. The topological polar surface area (TPSA) is 78.9 Å². The number of hydrogen-bond acceptors (Lipinski definition) is 6. The smallest absolute Gasteiger partial charge is 0.306 e. The lowest BCUT2D eigenvalue weighted by Gasteiger charge is -2.18. The molecule has 0 aliphatic rings. The maximum absolute atomic E-state index is 12.9. The lowest BCUT2D eigenvalue weighted by atomic mass is 10.0. The number of carbonyl (C=O) groups excluding carboxylic acids is 3. The van der Waals surface area contributed by atoms with Gasteiger partial charge in [0.15, 0.2) is 6.10 Å². The monoisotopic (exact) mass is 1030 g/mol. The fourth-order valence-corrected chi connectivity index (χ4v) is 9.97. The van der Waals surface area contributed by atoms with Gasteiger partial charge in [0.2, 0.25) is 0 Å². The molecule has 6 nitrogen and oxygen atoms in total. The molecule has 6 heteroatoms. The molecule has 1 atom stereocenters. The molecule has 0 N–H and O–H groups in total. The fourth-order valence-electron chi connectivity index (χ4n) is 9.97. The second kappa shape index (κ2) is 62.4. The lowest BCUT2D eigenvalue weighted by Crippen LogP contribution is -2.30. The molecular weight excluding hydrogens is 901 g/mol. The molecule has 430 valence electrons. The summed E-state index contributed by atoms with van der Waals surface area (Å²) < 4.78 is 17.0. The number of unbranched alkanes of at least 4 members (excludes halogenated alkanes) is 46. The van der Waals surface area contributed by atoms with E-state index in [2.05, 4.69) is 45.1 Å². The van der Waals surface area contributed by atoms with Gasteiger partial charge >= 0.3 is 17.9 Å². The van der Waals surface area contributed by atoms with Crippen LogP contribution in [0.25, 0.3) is 0 Å². The number of hydrogen-bond donors (Lipinski definition) is 0. The van der Waals surface area contributed by atoms with Gasteiger partial charge in [0.25, 0.3) is 0 Å². The third kappa shape index (κ3) is 60.6. The zero-order chi connectivity index (χ0) is 52.9. The maximum Gasteiger partial charge on any atom is 0.306 e. The van der Waals surface area contributed by atoms with Crippen molar-refractivity contribution in [3.63, 3.8) is 0 Å². The fraction of sp³-hybridized carbons (Fsp3) is 0.896. The van der Waals surface area contributed by atoms with E-state index < -0.39 is 6.10 Å². The Hall–Kier alpha value is -2.11. The number of allylic oxidation sites excluding steroid dienone is 4. The first-order valence-corrected chi connectivity index (χ1v) is 32.8. The Morgan fingerprint density at radius 2 is 0.452 bits per heavy atom. The highest BCUT2D eigenvalue weighted by Gasteiger charge is 2.19. The highest BCUT2D eigenvalue weighted by molar-refractivity contribution is 5.71. The van der Waals surface area contributed by atoms with Crippen molar-refractivity contribution in [1.29, 1.82) is 0 Å². The van der Waals surface area contributed by atoms with Gasteiger partial charge in [-0.25, -0.2) is 0 Å². The van der Waals surface area contributed by atoms with Crippen LogP contribution in [-0.4, -0.2) is 37.2 Å². The summed E-state index contributed by atoms with van der Waals surface area (Å²) in [6.07, 6.45) is 74.7. The minimum atomic E-state index is -0.772. The summed E-state index contributed by atoms with van der Waals surface area (Å²) in [5.41, 5.74) is 0. The Kier molecular flexibility index (Phi) is 60.6. The quantitative estimate of drug-likeness (QED) is 0.0261. The van der Waals surface area contributed by atoms with Crippen molar-refractivity contribution in [2.24, 2.45) is 0 Å². The van der Waals surface area contributed by atoms with Crippen LogP contribution in [0.3, 0.4) is 0 Å². The predicted molar refractivity (Wildman–Crippen MR) is 316 cm³/mol. The van der Waals surface area contributed by atoms with Crippen molar-refractivity contribution in [3.8, 4) is 0 Å².